The van der Waals surface area contributed by atoms with Crippen molar-refractivity contribution < 1.29 is 4.52 Å². The van der Waals surface area contributed by atoms with Crippen LogP contribution >= 0.6 is 15.9 Å². The molecule has 0 fully saturated rings. The van der Waals surface area contributed by atoms with Crippen LogP contribution in [0.25, 0.3) is 0 Å². The summed E-state index contributed by atoms with van der Waals surface area (Å²) in [7, 11) is 0. The predicted octanol–water partition coefficient (Wildman–Crippen LogP) is 3.65. The average Bonchev–Trinajstić information content (AvgIpc) is 2.65. The molecule has 0 bridgehead atoms. The maximum atomic E-state index is 5.14. The van der Waals surface area contributed by atoms with E-state index in [2.05, 4.69) is 51.5 Å². The zero-order valence-corrected chi connectivity index (χ0v) is 12.5. The van der Waals surface area contributed by atoms with Gasteiger partial charge in [0.05, 0.1) is 5.69 Å². The van der Waals surface area contributed by atoms with Crippen LogP contribution in [0, 0.1) is 20.8 Å². The van der Waals surface area contributed by atoms with Gasteiger partial charge >= 0.3 is 0 Å². The van der Waals surface area contributed by atoms with Gasteiger partial charge in [-0.3, -0.25) is 0 Å². The van der Waals surface area contributed by atoms with Crippen molar-refractivity contribution in [2.24, 2.45) is 0 Å². The molecule has 4 heteroatoms. The second kappa shape index (κ2) is 5.67. The van der Waals surface area contributed by atoms with Crippen molar-refractivity contribution in [1.29, 1.82) is 0 Å². The second-order valence-corrected chi connectivity index (χ2v) is 5.34. The largest absolute Gasteiger partial charge is 0.361 e. The molecule has 1 N–H and O–H groups in total. The number of rotatable bonds is 4. The van der Waals surface area contributed by atoms with Gasteiger partial charge < -0.3 is 9.84 Å². The molecule has 0 aliphatic rings. The highest BCUT2D eigenvalue weighted by molar-refractivity contribution is 9.10. The molecule has 0 radical (unpaired) electrons. The molecule has 0 aliphatic carbocycles. The summed E-state index contributed by atoms with van der Waals surface area (Å²) in [5.74, 6) is 0.894. The zero-order chi connectivity index (χ0) is 13.1. The molecule has 96 valence electrons. The Bertz CT molecular complexity index is 529. The molecule has 0 unspecified atom stereocenters. The van der Waals surface area contributed by atoms with Crippen LogP contribution < -0.4 is 5.32 Å². The standard InChI is InChI=1S/C14H17BrN2O/c1-9-4-5-12(6-14(9)15)7-16-8-13-10(2)17-18-11(13)3/h4-6,16H,7-8H2,1-3H3. The Kier molecular flexibility index (Phi) is 4.19. The first-order valence-electron chi connectivity index (χ1n) is 5.95. The Morgan fingerprint density at radius 1 is 1.22 bits per heavy atom. The molecule has 1 heterocycles. The molecule has 3 nitrogen and oxygen atoms in total. The third kappa shape index (κ3) is 3.00. The number of nitrogens with zero attached hydrogens (tertiary/aromatic N) is 1. The highest BCUT2D eigenvalue weighted by Gasteiger charge is 2.07. The van der Waals surface area contributed by atoms with Gasteiger partial charge in [-0.15, -0.1) is 0 Å². The van der Waals surface area contributed by atoms with Crippen LogP contribution in [0.3, 0.4) is 0 Å². The Labute approximate surface area is 116 Å². The van der Waals surface area contributed by atoms with Gasteiger partial charge in [0.1, 0.15) is 5.76 Å². The van der Waals surface area contributed by atoms with Crippen LogP contribution in [0.15, 0.2) is 27.2 Å². The van der Waals surface area contributed by atoms with E-state index in [-0.39, 0.29) is 0 Å². The fourth-order valence-electron chi connectivity index (χ4n) is 1.83. The van der Waals surface area contributed by atoms with Crippen molar-refractivity contribution in [3.8, 4) is 0 Å². The van der Waals surface area contributed by atoms with E-state index >= 15 is 0 Å². The highest BCUT2D eigenvalue weighted by Crippen LogP contribution is 2.17. The van der Waals surface area contributed by atoms with Gasteiger partial charge in [0.15, 0.2) is 0 Å². The minimum Gasteiger partial charge on any atom is -0.361 e. The molecule has 0 spiro atoms. The van der Waals surface area contributed by atoms with E-state index in [1.165, 1.54) is 11.1 Å². The summed E-state index contributed by atoms with van der Waals surface area (Å²) in [5, 5.41) is 7.36. The summed E-state index contributed by atoms with van der Waals surface area (Å²) in [6.45, 7) is 7.62. The van der Waals surface area contributed by atoms with Gasteiger partial charge in [0.25, 0.3) is 0 Å². The van der Waals surface area contributed by atoms with Crippen molar-refractivity contribution in [1.82, 2.24) is 10.5 Å². The number of hydrogen-bond donors (Lipinski definition) is 1. The van der Waals surface area contributed by atoms with E-state index in [1.54, 1.807) is 0 Å². The molecule has 2 rings (SSSR count). The summed E-state index contributed by atoms with van der Waals surface area (Å²) in [6, 6.07) is 6.41. The molecule has 0 amide bonds. The van der Waals surface area contributed by atoms with Gasteiger partial charge in [-0.2, -0.15) is 0 Å². The molecule has 1 aromatic heterocycles. The summed E-state index contributed by atoms with van der Waals surface area (Å²) in [4.78, 5) is 0. The third-order valence-electron chi connectivity index (χ3n) is 3.05. The van der Waals surface area contributed by atoms with Crippen LogP contribution in [0.4, 0.5) is 0 Å². The zero-order valence-electron chi connectivity index (χ0n) is 10.9. The fraction of sp³-hybridized carbons (Fsp3) is 0.357. The Morgan fingerprint density at radius 2 is 2.00 bits per heavy atom. The summed E-state index contributed by atoms with van der Waals surface area (Å²) < 4.78 is 6.29. The Morgan fingerprint density at radius 3 is 2.61 bits per heavy atom. The maximum Gasteiger partial charge on any atom is 0.138 e. The molecule has 0 atom stereocenters. The topological polar surface area (TPSA) is 38.1 Å². The van der Waals surface area contributed by atoms with Crippen molar-refractivity contribution in [3.05, 3.63) is 50.8 Å². The van der Waals surface area contributed by atoms with Crippen molar-refractivity contribution in [2.75, 3.05) is 0 Å². The lowest BCUT2D eigenvalue weighted by Crippen LogP contribution is -2.13. The van der Waals surface area contributed by atoms with Crippen LogP contribution in [-0.2, 0) is 13.1 Å². The van der Waals surface area contributed by atoms with Gasteiger partial charge in [-0.1, -0.05) is 33.2 Å². The molecule has 0 aliphatic heterocycles. The lowest BCUT2D eigenvalue weighted by atomic mass is 10.1. The normalized spacial score (nSPS) is 10.9. The first-order valence-corrected chi connectivity index (χ1v) is 6.74. The summed E-state index contributed by atoms with van der Waals surface area (Å²) >= 11 is 3.55. The number of benzene rings is 1. The smallest absolute Gasteiger partial charge is 0.138 e. The summed E-state index contributed by atoms with van der Waals surface area (Å²) in [5.41, 5.74) is 4.63. The maximum absolute atomic E-state index is 5.14. The number of hydrogen-bond acceptors (Lipinski definition) is 3. The van der Waals surface area contributed by atoms with Crippen molar-refractivity contribution >= 4 is 15.9 Å². The van der Waals surface area contributed by atoms with Crippen LogP contribution in [0.5, 0.6) is 0 Å². The van der Waals surface area contributed by atoms with E-state index in [0.29, 0.717) is 0 Å². The van der Waals surface area contributed by atoms with Gasteiger partial charge in [-0.25, -0.2) is 0 Å². The molecule has 18 heavy (non-hydrogen) atoms. The first-order chi connectivity index (χ1) is 8.58. The summed E-state index contributed by atoms with van der Waals surface area (Å²) in [6.07, 6.45) is 0. The van der Waals surface area contributed by atoms with Gasteiger partial charge in [-0.05, 0) is 38.0 Å². The minimum atomic E-state index is 0.784. The lowest BCUT2D eigenvalue weighted by Gasteiger charge is -2.06. The third-order valence-corrected chi connectivity index (χ3v) is 3.90. The predicted molar refractivity (Wildman–Crippen MR) is 75.4 cm³/mol. The van der Waals surface area contributed by atoms with E-state index in [1.807, 2.05) is 13.8 Å². The first kappa shape index (κ1) is 13.3. The van der Waals surface area contributed by atoms with E-state index in [4.69, 9.17) is 4.52 Å². The number of aryl methyl sites for hydroxylation is 3. The quantitative estimate of drug-likeness (QED) is 0.937. The fourth-order valence-corrected chi connectivity index (χ4v) is 2.26. The van der Waals surface area contributed by atoms with Crippen LogP contribution in [-0.4, -0.2) is 5.16 Å². The monoisotopic (exact) mass is 308 g/mol. The van der Waals surface area contributed by atoms with Crippen molar-refractivity contribution in [3.63, 3.8) is 0 Å². The Hall–Kier alpha value is -1.13. The molecule has 0 saturated carbocycles. The van der Waals surface area contributed by atoms with E-state index < -0.39 is 0 Å². The molecule has 2 aromatic rings. The van der Waals surface area contributed by atoms with Crippen LogP contribution in [0.1, 0.15) is 28.1 Å². The average molecular weight is 309 g/mol. The molecular weight excluding hydrogens is 292 g/mol. The SMILES string of the molecule is Cc1ccc(CNCc2c(C)noc2C)cc1Br. The van der Waals surface area contributed by atoms with Crippen molar-refractivity contribution in [2.45, 2.75) is 33.9 Å². The number of nitrogens with one attached hydrogen (secondary N) is 1. The highest BCUT2D eigenvalue weighted by atomic mass is 79.9. The van der Waals surface area contributed by atoms with Crippen LogP contribution in [0.2, 0.25) is 0 Å². The molecule has 1 aromatic carbocycles. The molecule has 0 saturated heterocycles. The van der Waals surface area contributed by atoms with E-state index in [9.17, 15) is 0 Å². The van der Waals surface area contributed by atoms with Gasteiger partial charge in [0.2, 0.25) is 0 Å². The van der Waals surface area contributed by atoms with Gasteiger partial charge in [0, 0.05) is 23.1 Å². The second-order valence-electron chi connectivity index (χ2n) is 4.49. The Balaban J connectivity index is 1.94. The lowest BCUT2D eigenvalue weighted by molar-refractivity contribution is 0.392. The van der Waals surface area contributed by atoms with E-state index in [0.717, 1.165) is 34.6 Å². The number of aromatic nitrogens is 1. The minimum absolute atomic E-state index is 0.784. The number of halogens is 1. The molecular formula is C14H17BrN2O.